The highest BCUT2D eigenvalue weighted by molar-refractivity contribution is 7.93. The van der Waals surface area contributed by atoms with E-state index < -0.39 is 33.4 Å². The lowest BCUT2D eigenvalue weighted by atomic mass is 10.1. The predicted octanol–water partition coefficient (Wildman–Crippen LogP) is 3.53. The second-order valence-electron chi connectivity index (χ2n) is 8.58. The Kier molecular flexibility index (Phi) is 7.35. The van der Waals surface area contributed by atoms with Gasteiger partial charge in [-0.2, -0.15) is 21.6 Å². The Morgan fingerprint density at radius 2 is 1.74 bits per heavy atom. The smallest absolute Gasteiger partial charge is 0.347 e. The minimum atomic E-state index is -5.55. The van der Waals surface area contributed by atoms with Gasteiger partial charge in [0, 0.05) is 18.3 Å². The third-order valence-corrected chi connectivity index (χ3v) is 7.00. The Morgan fingerprint density at radius 1 is 1.03 bits per heavy atom. The average Bonchev–Trinajstić information content (AvgIpc) is 3.25. The van der Waals surface area contributed by atoms with Crippen molar-refractivity contribution in [1.29, 1.82) is 0 Å². The fourth-order valence-corrected chi connectivity index (χ4v) is 4.52. The molecule has 0 saturated carbocycles. The standard InChI is InChI=1S/C24H21F4N5O4S/c1-13-8-14(2-6-18(13)25)11-29-22(34)20-10-21(31-12-30-20)23(35)32-19-7-3-15-9-16(4-5-17(15)19)33-38(36,37)24(26,27)28/h2,4-6,8-10,12,19,33H,3,7,11H2,1H3,(H,29,34)(H,32,35)/t19-/m0/s1. The Hall–Kier alpha value is -4.07. The summed E-state index contributed by atoms with van der Waals surface area (Å²) in [6, 6.07) is 9.07. The molecular weight excluding hydrogens is 530 g/mol. The number of sulfonamides is 1. The molecule has 1 atom stereocenters. The van der Waals surface area contributed by atoms with Crippen molar-refractivity contribution in [3.05, 3.63) is 88.3 Å². The summed E-state index contributed by atoms with van der Waals surface area (Å²) in [6.45, 7) is 1.72. The molecule has 4 rings (SSSR count). The van der Waals surface area contributed by atoms with E-state index >= 15 is 0 Å². The molecule has 0 saturated heterocycles. The normalized spacial score (nSPS) is 15.0. The first-order valence-corrected chi connectivity index (χ1v) is 12.7. The number of carbonyl (C=O) groups excluding carboxylic acids is 2. The van der Waals surface area contributed by atoms with Crippen molar-refractivity contribution in [3.8, 4) is 0 Å². The summed E-state index contributed by atoms with van der Waals surface area (Å²) in [7, 11) is -5.55. The van der Waals surface area contributed by atoms with Crippen LogP contribution < -0.4 is 15.4 Å². The first-order chi connectivity index (χ1) is 17.8. The molecule has 1 heterocycles. The van der Waals surface area contributed by atoms with Crippen molar-refractivity contribution in [2.45, 2.75) is 37.9 Å². The molecule has 0 spiro atoms. The highest BCUT2D eigenvalue weighted by Crippen LogP contribution is 2.34. The Labute approximate surface area is 214 Å². The average molecular weight is 552 g/mol. The number of nitrogens with zero attached hydrogens (tertiary/aromatic N) is 2. The van der Waals surface area contributed by atoms with Gasteiger partial charge in [-0.1, -0.05) is 18.2 Å². The van der Waals surface area contributed by atoms with Gasteiger partial charge in [-0.3, -0.25) is 14.3 Å². The molecule has 3 N–H and O–H groups in total. The lowest BCUT2D eigenvalue weighted by Gasteiger charge is -2.15. The number of benzene rings is 2. The molecule has 0 aliphatic heterocycles. The Bertz CT molecular complexity index is 1510. The number of halogens is 4. The van der Waals surface area contributed by atoms with E-state index in [9.17, 15) is 35.6 Å². The van der Waals surface area contributed by atoms with Crippen molar-refractivity contribution in [3.63, 3.8) is 0 Å². The molecule has 0 fully saturated rings. The molecule has 0 unspecified atom stereocenters. The number of hydrogen-bond donors (Lipinski definition) is 3. The molecule has 1 aromatic heterocycles. The van der Waals surface area contributed by atoms with Crippen molar-refractivity contribution >= 4 is 27.5 Å². The molecule has 1 aliphatic carbocycles. The number of alkyl halides is 3. The number of rotatable bonds is 7. The highest BCUT2D eigenvalue weighted by Gasteiger charge is 2.46. The Morgan fingerprint density at radius 3 is 2.42 bits per heavy atom. The van der Waals surface area contributed by atoms with Crippen molar-refractivity contribution < 1.29 is 35.6 Å². The van der Waals surface area contributed by atoms with Gasteiger partial charge in [0.05, 0.1) is 6.04 Å². The van der Waals surface area contributed by atoms with Gasteiger partial charge >= 0.3 is 15.5 Å². The van der Waals surface area contributed by atoms with Crippen LogP contribution in [0.2, 0.25) is 0 Å². The molecule has 200 valence electrons. The van der Waals surface area contributed by atoms with Crippen LogP contribution >= 0.6 is 0 Å². The molecule has 1 aliphatic rings. The van der Waals surface area contributed by atoms with Crippen LogP contribution in [0.1, 0.15) is 55.7 Å². The van der Waals surface area contributed by atoms with Gasteiger partial charge in [-0.25, -0.2) is 14.4 Å². The molecule has 38 heavy (non-hydrogen) atoms. The molecular formula is C24H21F4N5O4S. The first-order valence-electron chi connectivity index (χ1n) is 11.2. The van der Waals surface area contributed by atoms with E-state index in [0.717, 1.165) is 6.33 Å². The number of aryl methyl sites for hydroxylation is 2. The maximum atomic E-state index is 13.4. The summed E-state index contributed by atoms with van der Waals surface area (Å²) in [6.07, 6.45) is 1.88. The molecule has 9 nitrogen and oxygen atoms in total. The minimum Gasteiger partial charge on any atom is -0.347 e. The van der Waals surface area contributed by atoms with Crippen molar-refractivity contribution in [1.82, 2.24) is 20.6 Å². The maximum Gasteiger partial charge on any atom is 0.516 e. The van der Waals surface area contributed by atoms with Gasteiger partial charge in [-0.05, 0) is 60.2 Å². The van der Waals surface area contributed by atoms with Crippen molar-refractivity contribution in [2.24, 2.45) is 0 Å². The van der Waals surface area contributed by atoms with E-state index in [0.29, 0.717) is 35.1 Å². The lowest BCUT2D eigenvalue weighted by Crippen LogP contribution is -2.30. The fourth-order valence-electron chi connectivity index (χ4n) is 3.97. The van der Waals surface area contributed by atoms with Crippen LogP contribution in [-0.2, 0) is 23.0 Å². The summed E-state index contributed by atoms with van der Waals surface area (Å²) >= 11 is 0. The number of anilines is 1. The summed E-state index contributed by atoms with van der Waals surface area (Å²) < 4.78 is 75.6. The van der Waals surface area contributed by atoms with Crippen LogP contribution in [0.5, 0.6) is 0 Å². The maximum absolute atomic E-state index is 13.4. The van der Waals surface area contributed by atoms with Crippen molar-refractivity contribution in [2.75, 3.05) is 4.72 Å². The molecule has 2 amide bonds. The van der Waals surface area contributed by atoms with Gasteiger partial charge in [0.25, 0.3) is 11.8 Å². The van der Waals surface area contributed by atoms with Crippen LogP contribution in [0.3, 0.4) is 0 Å². The summed E-state index contributed by atoms with van der Waals surface area (Å²) in [5.41, 5.74) is -3.51. The van der Waals surface area contributed by atoms with E-state index in [1.807, 2.05) is 0 Å². The first kappa shape index (κ1) is 27.0. The number of aromatic nitrogens is 2. The monoisotopic (exact) mass is 551 g/mol. The largest absolute Gasteiger partial charge is 0.516 e. The number of carbonyl (C=O) groups is 2. The quantitative estimate of drug-likeness (QED) is 0.385. The number of hydrogen-bond acceptors (Lipinski definition) is 6. The zero-order chi connectivity index (χ0) is 27.7. The van der Waals surface area contributed by atoms with Gasteiger partial charge in [-0.15, -0.1) is 0 Å². The zero-order valence-corrected chi connectivity index (χ0v) is 20.6. The molecule has 3 aromatic rings. The van der Waals surface area contributed by atoms with Crippen LogP contribution in [0.4, 0.5) is 23.2 Å². The van der Waals surface area contributed by atoms with Crippen LogP contribution in [-0.4, -0.2) is 35.7 Å². The fraction of sp³-hybridized carbons (Fsp3) is 0.250. The lowest BCUT2D eigenvalue weighted by molar-refractivity contribution is -0.0429. The summed E-state index contributed by atoms with van der Waals surface area (Å²) in [5, 5.41) is 5.41. The van der Waals surface area contributed by atoms with Crippen LogP contribution in [0, 0.1) is 12.7 Å². The van der Waals surface area contributed by atoms with E-state index in [4.69, 9.17) is 0 Å². The number of nitrogens with one attached hydrogen (secondary N) is 3. The SMILES string of the molecule is Cc1cc(CNC(=O)c2cc(C(=O)N[C@H]3CCc4cc(NS(=O)(=O)C(F)(F)F)ccc43)ncn2)ccc1F. The van der Waals surface area contributed by atoms with Gasteiger partial charge in [0.2, 0.25) is 0 Å². The highest BCUT2D eigenvalue weighted by atomic mass is 32.2. The molecule has 2 aromatic carbocycles. The topological polar surface area (TPSA) is 130 Å². The number of amides is 2. The summed E-state index contributed by atoms with van der Waals surface area (Å²) in [4.78, 5) is 33.1. The third kappa shape index (κ3) is 5.90. The second-order valence-corrected chi connectivity index (χ2v) is 10.3. The van der Waals surface area contributed by atoms with Gasteiger partial charge in [0.1, 0.15) is 23.5 Å². The van der Waals surface area contributed by atoms with E-state index in [-0.39, 0.29) is 29.4 Å². The Balaban J connectivity index is 1.40. The second kappa shape index (κ2) is 10.4. The van der Waals surface area contributed by atoms with E-state index in [1.165, 1.54) is 41.1 Å². The predicted molar refractivity (Wildman–Crippen MR) is 128 cm³/mol. The van der Waals surface area contributed by atoms with E-state index in [1.54, 1.807) is 13.0 Å². The van der Waals surface area contributed by atoms with Gasteiger partial charge in [0.15, 0.2) is 0 Å². The van der Waals surface area contributed by atoms with Crippen LogP contribution in [0.25, 0.3) is 0 Å². The zero-order valence-electron chi connectivity index (χ0n) is 19.8. The number of fused-ring (bicyclic) bond motifs is 1. The third-order valence-electron chi connectivity index (χ3n) is 5.89. The molecule has 0 radical (unpaired) electrons. The van der Waals surface area contributed by atoms with Crippen LogP contribution in [0.15, 0.2) is 48.8 Å². The summed E-state index contributed by atoms with van der Waals surface area (Å²) in [5.74, 6) is -1.53. The van der Waals surface area contributed by atoms with Gasteiger partial charge < -0.3 is 10.6 Å². The van der Waals surface area contributed by atoms with E-state index in [2.05, 4.69) is 20.6 Å². The molecule has 14 heteroatoms. The molecule has 0 bridgehead atoms. The minimum absolute atomic E-state index is 0.0580.